The highest BCUT2D eigenvalue weighted by Crippen LogP contribution is 2.35. The molecule has 0 amide bonds. The molecule has 146 valence electrons. The van der Waals surface area contributed by atoms with Gasteiger partial charge in [-0.25, -0.2) is 0 Å². The van der Waals surface area contributed by atoms with Gasteiger partial charge in [0.1, 0.15) is 0 Å². The van der Waals surface area contributed by atoms with E-state index in [0.717, 1.165) is 24.7 Å². The van der Waals surface area contributed by atoms with Gasteiger partial charge in [-0.1, -0.05) is 94.5 Å². The van der Waals surface area contributed by atoms with Crippen molar-refractivity contribution in [3.63, 3.8) is 0 Å². The first kappa shape index (κ1) is 20.2. The van der Waals surface area contributed by atoms with Gasteiger partial charge in [-0.3, -0.25) is 0 Å². The summed E-state index contributed by atoms with van der Waals surface area (Å²) in [6, 6.07) is 18.9. The molecule has 0 radical (unpaired) electrons. The van der Waals surface area contributed by atoms with E-state index in [2.05, 4.69) is 62.4 Å². The van der Waals surface area contributed by atoms with E-state index in [4.69, 9.17) is 0 Å². The number of unbranched alkanes of at least 4 members (excludes halogenated alkanes) is 3. The van der Waals surface area contributed by atoms with Gasteiger partial charge in [0.15, 0.2) is 0 Å². The quantitative estimate of drug-likeness (QED) is 0.398. The summed E-state index contributed by atoms with van der Waals surface area (Å²) in [5.74, 6) is 1.74. The minimum atomic E-state index is 0.806. The third-order valence-corrected chi connectivity index (χ3v) is 6.51. The van der Waals surface area contributed by atoms with Crippen LogP contribution in [0.2, 0.25) is 0 Å². The average molecular weight is 363 g/mol. The van der Waals surface area contributed by atoms with Gasteiger partial charge in [-0.15, -0.1) is 0 Å². The Balaban J connectivity index is 1.44. The Morgan fingerprint density at radius 3 is 1.70 bits per heavy atom. The molecular formula is C27H38. The van der Waals surface area contributed by atoms with E-state index in [9.17, 15) is 0 Å². The second kappa shape index (κ2) is 10.7. The molecule has 1 saturated carbocycles. The zero-order valence-corrected chi connectivity index (χ0v) is 17.6. The summed E-state index contributed by atoms with van der Waals surface area (Å²) < 4.78 is 0. The highest BCUT2D eigenvalue weighted by Gasteiger charge is 2.19. The zero-order chi connectivity index (χ0) is 18.9. The molecule has 0 nitrogen and oxygen atoms in total. The summed E-state index contributed by atoms with van der Waals surface area (Å²) in [7, 11) is 0. The normalized spacial score (nSPS) is 19.9. The van der Waals surface area contributed by atoms with E-state index in [-0.39, 0.29) is 0 Å². The Morgan fingerprint density at radius 2 is 1.15 bits per heavy atom. The number of rotatable bonds is 9. The Bertz CT molecular complexity index is 641. The molecule has 0 atom stereocenters. The molecule has 1 aliphatic rings. The number of hydrogen-bond donors (Lipinski definition) is 0. The van der Waals surface area contributed by atoms with Crippen LogP contribution in [0.15, 0.2) is 48.5 Å². The van der Waals surface area contributed by atoms with Gasteiger partial charge in [0.05, 0.1) is 0 Å². The summed E-state index contributed by atoms with van der Waals surface area (Å²) in [5, 5.41) is 0. The monoisotopic (exact) mass is 362 g/mol. The van der Waals surface area contributed by atoms with Gasteiger partial charge < -0.3 is 0 Å². The van der Waals surface area contributed by atoms with Crippen LogP contribution in [0.3, 0.4) is 0 Å². The third kappa shape index (κ3) is 6.52. The average Bonchev–Trinajstić information content (AvgIpc) is 2.72. The van der Waals surface area contributed by atoms with Gasteiger partial charge in [0.2, 0.25) is 0 Å². The molecule has 1 fully saturated rings. The first-order valence-corrected chi connectivity index (χ1v) is 11.4. The Kier molecular flexibility index (Phi) is 7.99. The predicted molar refractivity (Wildman–Crippen MR) is 119 cm³/mol. The topological polar surface area (TPSA) is 0 Å². The van der Waals surface area contributed by atoms with Crippen molar-refractivity contribution in [3.8, 4) is 0 Å². The van der Waals surface area contributed by atoms with Crippen LogP contribution in [-0.2, 0) is 19.3 Å². The Labute approximate surface area is 167 Å². The van der Waals surface area contributed by atoms with Crippen LogP contribution < -0.4 is 0 Å². The van der Waals surface area contributed by atoms with Crippen molar-refractivity contribution >= 4 is 0 Å². The molecule has 0 heteroatoms. The van der Waals surface area contributed by atoms with Crippen molar-refractivity contribution in [2.24, 2.45) is 5.92 Å². The van der Waals surface area contributed by atoms with E-state index >= 15 is 0 Å². The van der Waals surface area contributed by atoms with E-state index in [1.165, 1.54) is 74.5 Å². The Hall–Kier alpha value is -1.56. The molecule has 0 aromatic heterocycles. The van der Waals surface area contributed by atoms with Gasteiger partial charge in [-0.05, 0) is 72.6 Å². The van der Waals surface area contributed by atoms with Gasteiger partial charge in [0.25, 0.3) is 0 Å². The molecule has 0 aliphatic heterocycles. The molecule has 0 heterocycles. The van der Waals surface area contributed by atoms with Crippen molar-refractivity contribution in [1.82, 2.24) is 0 Å². The molecule has 0 N–H and O–H groups in total. The standard InChI is InChI=1S/C27H38/c1-3-4-5-6-7-23-10-12-24(13-11-23)14-15-25-16-20-27(21-17-25)26-18-8-22(2)9-19-26/h10-13,16-17,20-22,26H,3-9,14-15,18-19H2,1-2H3/t22-,26-. The molecular weight excluding hydrogens is 324 g/mol. The van der Waals surface area contributed by atoms with Crippen molar-refractivity contribution in [2.75, 3.05) is 0 Å². The van der Waals surface area contributed by atoms with Crippen LogP contribution >= 0.6 is 0 Å². The second-order valence-electron chi connectivity index (χ2n) is 8.83. The summed E-state index contributed by atoms with van der Waals surface area (Å²) in [5.41, 5.74) is 6.02. The second-order valence-corrected chi connectivity index (χ2v) is 8.83. The Morgan fingerprint density at radius 1 is 0.630 bits per heavy atom. The fourth-order valence-electron chi connectivity index (χ4n) is 4.47. The SMILES string of the molecule is CCCCCCc1ccc(CCc2ccc([C@H]3CC[C@H](C)CC3)cc2)cc1. The highest BCUT2D eigenvalue weighted by atomic mass is 14.2. The van der Waals surface area contributed by atoms with E-state index in [0.29, 0.717) is 0 Å². The van der Waals surface area contributed by atoms with E-state index in [1.807, 2.05) is 0 Å². The zero-order valence-electron chi connectivity index (χ0n) is 17.6. The lowest BCUT2D eigenvalue weighted by atomic mass is 9.79. The van der Waals surface area contributed by atoms with Crippen LogP contribution in [-0.4, -0.2) is 0 Å². The van der Waals surface area contributed by atoms with Crippen LogP contribution in [0.1, 0.15) is 93.4 Å². The number of hydrogen-bond acceptors (Lipinski definition) is 0. The van der Waals surface area contributed by atoms with Gasteiger partial charge >= 0.3 is 0 Å². The maximum absolute atomic E-state index is 2.40. The van der Waals surface area contributed by atoms with Crippen LogP contribution in [0.4, 0.5) is 0 Å². The largest absolute Gasteiger partial charge is 0.0654 e. The van der Waals surface area contributed by atoms with Crippen molar-refractivity contribution in [2.45, 2.75) is 90.4 Å². The molecule has 1 aliphatic carbocycles. The minimum Gasteiger partial charge on any atom is -0.0654 e. The maximum Gasteiger partial charge on any atom is -0.0162 e. The fraction of sp³-hybridized carbons (Fsp3) is 0.556. The molecule has 2 aromatic rings. The van der Waals surface area contributed by atoms with Gasteiger partial charge in [0, 0.05) is 0 Å². The lowest BCUT2D eigenvalue weighted by Gasteiger charge is -2.26. The number of benzene rings is 2. The summed E-state index contributed by atoms with van der Waals surface area (Å²) in [6.07, 6.45) is 14.5. The molecule has 0 spiro atoms. The van der Waals surface area contributed by atoms with Crippen LogP contribution in [0.5, 0.6) is 0 Å². The van der Waals surface area contributed by atoms with Crippen molar-refractivity contribution in [1.29, 1.82) is 0 Å². The van der Waals surface area contributed by atoms with Crippen molar-refractivity contribution in [3.05, 3.63) is 70.8 Å². The van der Waals surface area contributed by atoms with Crippen LogP contribution in [0, 0.1) is 5.92 Å². The fourth-order valence-corrected chi connectivity index (χ4v) is 4.47. The van der Waals surface area contributed by atoms with Gasteiger partial charge in [-0.2, -0.15) is 0 Å². The predicted octanol–water partition coefficient (Wildman–Crippen LogP) is 7.89. The molecule has 0 saturated heterocycles. The highest BCUT2D eigenvalue weighted by molar-refractivity contribution is 5.28. The van der Waals surface area contributed by atoms with E-state index in [1.54, 1.807) is 5.56 Å². The minimum absolute atomic E-state index is 0.806. The summed E-state index contributed by atoms with van der Waals surface area (Å²) in [4.78, 5) is 0. The maximum atomic E-state index is 2.40. The summed E-state index contributed by atoms with van der Waals surface area (Å²) in [6.45, 7) is 4.68. The van der Waals surface area contributed by atoms with Crippen LogP contribution in [0.25, 0.3) is 0 Å². The molecule has 3 rings (SSSR count). The summed E-state index contributed by atoms with van der Waals surface area (Å²) >= 11 is 0. The first-order valence-electron chi connectivity index (χ1n) is 11.4. The molecule has 0 unspecified atom stereocenters. The first-order chi connectivity index (χ1) is 13.2. The number of aryl methyl sites for hydroxylation is 3. The van der Waals surface area contributed by atoms with Crippen molar-refractivity contribution < 1.29 is 0 Å². The smallest absolute Gasteiger partial charge is 0.0162 e. The molecule has 27 heavy (non-hydrogen) atoms. The molecule has 0 bridgehead atoms. The molecule has 2 aromatic carbocycles. The third-order valence-electron chi connectivity index (χ3n) is 6.51. The lowest BCUT2D eigenvalue weighted by Crippen LogP contribution is -2.10. The lowest BCUT2D eigenvalue weighted by molar-refractivity contribution is 0.348. The van der Waals surface area contributed by atoms with E-state index < -0.39 is 0 Å².